The van der Waals surface area contributed by atoms with Crippen LogP contribution in [0.5, 0.6) is 5.75 Å². The van der Waals surface area contributed by atoms with Crippen LogP contribution < -0.4 is 10.5 Å². The molecule has 0 spiro atoms. The third-order valence-corrected chi connectivity index (χ3v) is 2.64. The first-order chi connectivity index (χ1) is 9.11. The molecule has 2 aromatic rings. The van der Waals surface area contributed by atoms with E-state index in [0.29, 0.717) is 5.56 Å². The lowest BCUT2D eigenvalue weighted by Gasteiger charge is -2.10. The third kappa shape index (κ3) is 3.06. The molecule has 0 aliphatic carbocycles. The molecule has 0 heterocycles. The number of hydrogen-bond donors (Lipinski definition) is 1. The predicted molar refractivity (Wildman–Crippen MR) is 65.0 cm³/mol. The molecular formula is C14H12F3NO. The second-order valence-corrected chi connectivity index (χ2v) is 3.97. The van der Waals surface area contributed by atoms with E-state index in [2.05, 4.69) is 0 Å². The lowest BCUT2D eigenvalue weighted by Crippen LogP contribution is -2.04. The van der Waals surface area contributed by atoms with Crippen molar-refractivity contribution in [2.75, 3.05) is 0 Å². The summed E-state index contributed by atoms with van der Waals surface area (Å²) in [5.41, 5.74) is 6.36. The van der Waals surface area contributed by atoms with Gasteiger partial charge >= 0.3 is 0 Å². The Kier molecular flexibility index (Phi) is 4.06. The van der Waals surface area contributed by atoms with E-state index in [1.165, 1.54) is 18.2 Å². The number of halogens is 3. The average Bonchev–Trinajstić information content (AvgIpc) is 2.40. The lowest BCUT2D eigenvalue weighted by atomic mass is 10.1. The minimum atomic E-state index is -0.824. The molecule has 0 aromatic heterocycles. The van der Waals surface area contributed by atoms with Gasteiger partial charge in [0.2, 0.25) is 0 Å². The van der Waals surface area contributed by atoms with Gasteiger partial charge in [0.15, 0.2) is 17.4 Å². The summed E-state index contributed by atoms with van der Waals surface area (Å²) in [4.78, 5) is 0. The average molecular weight is 267 g/mol. The number of benzene rings is 2. The van der Waals surface area contributed by atoms with Crippen molar-refractivity contribution in [3.63, 3.8) is 0 Å². The Bertz CT molecular complexity index is 567. The topological polar surface area (TPSA) is 35.2 Å². The van der Waals surface area contributed by atoms with Crippen LogP contribution >= 0.6 is 0 Å². The van der Waals surface area contributed by atoms with Crippen LogP contribution in [-0.4, -0.2) is 0 Å². The van der Waals surface area contributed by atoms with Crippen LogP contribution in [0.1, 0.15) is 11.1 Å². The Morgan fingerprint density at radius 1 is 0.947 bits per heavy atom. The van der Waals surface area contributed by atoms with Gasteiger partial charge in [0, 0.05) is 12.1 Å². The summed E-state index contributed by atoms with van der Waals surface area (Å²) < 4.78 is 45.1. The molecule has 2 aromatic carbocycles. The highest BCUT2D eigenvalue weighted by atomic mass is 19.1. The zero-order valence-electron chi connectivity index (χ0n) is 10.00. The molecule has 0 radical (unpaired) electrons. The molecule has 2 N–H and O–H groups in total. The molecule has 2 rings (SSSR count). The van der Waals surface area contributed by atoms with Crippen molar-refractivity contribution in [1.82, 2.24) is 0 Å². The van der Waals surface area contributed by atoms with E-state index in [1.54, 1.807) is 6.07 Å². The van der Waals surface area contributed by atoms with Crippen molar-refractivity contribution in [2.24, 2.45) is 5.73 Å². The standard InChI is InChI=1S/C14H12F3NO/c15-11-5-4-9(7-18)6-10(11)8-19-14-12(16)2-1-3-13(14)17/h1-6H,7-8,18H2. The van der Waals surface area contributed by atoms with E-state index < -0.39 is 23.2 Å². The van der Waals surface area contributed by atoms with Gasteiger partial charge in [0.1, 0.15) is 12.4 Å². The summed E-state index contributed by atoms with van der Waals surface area (Å²) in [5, 5.41) is 0. The van der Waals surface area contributed by atoms with Crippen molar-refractivity contribution in [1.29, 1.82) is 0 Å². The Morgan fingerprint density at radius 3 is 2.26 bits per heavy atom. The molecule has 0 unspecified atom stereocenters. The molecule has 0 saturated carbocycles. The van der Waals surface area contributed by atoms with E-state index >= 15 is 0 Å². The van der Waals surface area contributed by atoms with Crippen molar-refractivity contribution >= 4 is 0 Å². The van der Waals surface area contributed by atoms with E-state index in [-0.39, 0.29) is 18.7 Å². The smallest absolute Gasteiger partial charge is 0.191 e. The third-order valence-electron chi connectivity index (χ3n) is 2.64. The normalized spacial score (nSPS) is 10.5. The fraction of sp³-hybridized carbons (Fsp3) is 0.143. The SMILES string of the molecule is NCc1ccc(F)c(COc2c(F)cccc2F)c1. The van der Waals surface area contributed by atoms with Gasteiger partial charge in [0.05, 0.1) is 0 Å². The molecule has 0 aliphatic heterocycles. The van der Waals surface area contributed by atoms with E-state index in [1.807, 2.05) is 0 Å². The molecular weight excluding hydrogens is 255 g/mol. The second kappa shape index (κ2) is 5.75. The van der Waals surface area contributed by atoms with Crippen LogP contribution in [0.15, 0.2) is 36.4 Å². The molecule has 2 nitrogen and oxygen atoms in total. The molecule has 100 valence electrons. The molecule has 0 fully saturated rings. The van der Waals surface area contributed by atoms with Gasteiger partial charge in [-0.05, 0) is 29.8 Å². The van der Waals surface area contributed by atoms with Gasteiger partial charge in [-0.3, -0.25) is 0 Å². The maximum absolute atomic E-state index is 13.5. The van der Waals surface area contributed by atoms with Gasteiger partial charge in [-0.25, -0.2) is 13.2 Å². The predicted octanol–water partition coefficient (Wildman–Crippen LogP) is 3.14. The minimum absolute atomic E-state index is 0.200. The summed E-state index contributed by atoms with van der Waals surface area (Å²) in [6.45, 7) is -0.0150. The van der Waals surface area contributed by atoms with Gasteiger partial charge < -0.3 is 10.5 Å². The lowest BCUT2D eigenvalue weighted by molar-refractivity contribution is 0.269. The zero-order valence-corrected chi connectivity index (χ0v) is 10.00. The monoisotopic (exact) mass is 267 g/mol. The Hall–Kier alpha value is -2.01. The summed E-state index contributed by atoms with van der Waals surface area (Å²) in [6.07, 6.45) is 0. The largest absolute Gasteiger partial charge is 0.483 e. The van der Waals surface area contributed by atoms with Crippen LogP contribution in [-0.2, 0) is 13.2 Å². The van der Waals surface area contributed by atoms with E-state index in [4.69, 9.17) is 10.5 Å². The van der Waals surface area contributed by atoms with E-state index in [0.717, 1.165) is 12.1 Å². The Morgan fingerprint density at radius 2 is 1.63 bits per heavy atom. The van der Waals surface area contributed by atoms with Crippen molar-refractivity contribution in [2.45, 2.75) is 13.2 Å². The molecule has 0 atom stereocenters. The maximum atomic E-state index is 13.5. The van der Waals surface area contributed by atoms with Crippen molar-refractivity contribution < 1.29 is 17.9 Å². The minimum Gasteiger partial charge on any atom is -0.483 e. The van der Waals surface area contributed by atoms with Gasteiger partial charge in [-0.2, -0.15) is 0 Å². The first-order valence-electron chi connectivity index (χ1n) is 5.66. The molecule has 0 saturated heterocycles. The van der Waals surface area contributed by atoms with Gasteiger partial charge in [0.25, 0.3) is 0 Å². The van der Waals surface area contributed by atoms with E-state index in [9.17, 15) is 13.2 Å². The summed E-state index contributed by atoms with van der Waals surface area (Å²) in [6, 6.07) is 7.68. The molecule has 0 aliphatic rings. The van der Waals surface area contributed by atoms with Gasteiger partial charge in [-0.1, -0.05) is 12.1 Å². The first-order valence-corrected chi connectivity index (χ1v) is 5.66. The fourth-order valence-corrected chi connectivity index (χ4v) is 1.64. The second-order valence-electron chi connectivity index (χ2n) is 3.97. The Labute approximate surface area is 108 Å². The molecule has 5 heteroatoms. The maximum Gasteiger partial charge on any atom is 0.191 e. The van der Waals surface area contributed by atoms with Crippen LogP contribution in [0.3, 0.4) is 0 Å². The van der Waals surface area contributed by atoms with Gasteiger partial charge in [-0.15, -0.1) is 0 Å². The van der Waals surface area contributed by atoms with Crippen LogP contribution in [0.4, 0.5) is 13.2 Å². The molecule has 0 amide bonds. The fourth-order valence-electron chi connectivity index (χ4n) is 1.64. The highest BCUT2D eigenvalue weighted by Gasteiger charge is 2.11. The number of hydrogen-bond acceptors (Lipinski definition) is 2. The highest BCUT2D eigenvalue weighted by molar-refractivity contribution is 5.28. The van der Waals surface area contributed by atoms with Crippen LogP contribution in [0.25, 0.3) is 0 Å². The quantitative estimate of drug-likeness (QED) is 0.923. The highest BCUT2D eigenvalue weighted by Crippen LogP contribution is 2.22. The molecule has 0 bridgehead atoms. The summed E-state index contributed by atoms with van der Waals surface area (Å²) in [7, 11) is 0. The number of nitrogens with two attached hydrogens (primary N) is 1. The van der Waals surface area contributed by atoms with Crippen LogP contribution in [0, 0.1) is 17.5 Å². The zero-order chi connectivity index (χ0) is 13.8. The van der Waals surface area contributed by atoms with Crippen molar-refractivity contribution in [3.8, 4) is 5.75 Å². The van der Waals surface area contributed by atoms with Crippen molar-refractivity contribution in [3.05, 3.63) is 65.0 Å². The summed E-state index contributed by atoms with van der Waals surface area (Å²) >= 11 is 0. The first kappa shape index (κ1) is 13.4. The van der Waals surface area contributed by atoms with Crippen LogP contribution in [0.2, 0.25) is 0 Å². The number of rotatable bonds is 4. The Balaban J connectivity index is 2.19. The number of ether oxygens (including phenoxy) is 1. The summed E-state index contributed by atoms with van der Waals surface area (Å²) in [5.74, 6) is -2.67. The molecule has 19 heavy (non-hydrogen) atoms. The number of para-hydroxylation sites is 1.